The zero-order chi connectivity index (χ0) is 12.0. The number of aliphatic hydroxyl groups excluding tert-OH is 1. The van der Waals surface area contributed by atoms with Crippen LogP contribution >= 0.6 is 0 Å². The van der Waals surface area contributed by atoms with Crippen molar-refractivity contribution in [2.75, 3.05) is 0 Å². The first kappa shape index (κ1) is 11.2. The summed E-state index contributed by atoms with van der Waals surface area (Å²) >= 11 is 0. The fourth-order valence-electron chi connectivity index (χ4n) is 3.48. The highest BCUT2D eigenvalue weighted by molar-refractivity contribution is 5.19. The molecule has 0 aliphatic heterocycles. The average molecular weight is 235 g/mol. The fourth-order valence-corrected chi connectivity index (χ4v) is 3.48. The molecule has 3 rings (SSSR count). The maximum absolute atomic E-state index is 9.33. The Morgan fingerprint density at radius 1 is 1.29 bits per heavy atom. The van der Waals surface area contributed by atoms with Crippen molar-refractivity contribution in [3.63, 3.8) is 0 Å². The Hall–Kier alpha value is -0.900. The topological polar surface area (TPSA) is 50.9 Å². The first-order chi connectivity index (χ1) is 8.22. The summed E-state index contributed by atoms with van der Waals surface area (Å²) in [4.78, 5) is 0. The van der Waals surface area contributed by atoms with E-state index >= 15 is 0 Å². The van der Waals surface area contributed by atoms with Crippen molar-refractivity contribution in [1.82, 2.24) is 14.8 Å². The highest BCUT2D eigenvalue weighted by Crippen LogP contribution is 2.62. The summed E-state index contributed by atoms with van der Waals surface area (Å²) in [5.41, 5.74) is 0. The molecule has 4 nitrogen and oxygen atoms in total. The van der Waals surface area contributed by atoms with E-state index in [1.807, 2.05) is 0 Å². The summed E-state index contributed by atoms with van der Waals surface area (Å²) in [6.45, 7) is 5.31. The minimum atomic E-state index is 0.00176. The van der Waals surface area contributed by atoms with Gasteiger partial charge in [0.2, 0.25) is 0 Å². The Morgan fingerprint density at radius 3 is 2.59 bits per heavy atom. The first-order valence-corrected chi connectivity index (χ1v) is 6.75. The minimum Gasteiger partial charge on any atom is -0.388 e. The van der Waals surface area contributed by atoms with Gasteiger partial charge in [-0.25, -0.2) is 0 Å². The van der Waals surface area contributed by atoms with Gasteiger partial charge < -0.3 is 9.67 Å². The number of rotatable bonds is 4. The maximum atomic E-state index is 9.33. The third kappa shape index (κ3) is 1.79. The van der Waals surface area contributed by atoms with Gasteiger partial charge in [-0.3, -0.25) is 0 Å². The van der Waals surface area contributed by atoms with Crippen LogP contribution in [-0.2, 0) is 13.2 Å². The minimum absolute atomic E-state index is 0.00176. The van der Waals surface area contributed by atoms with Gasteiger partial charge in [-0.05, 0) is 30.6 Å². The van der Waals surface area contributed by atoms with E-state index in [0.29, 0.717) is 11.8 Å². The molecule has 0 radical (unpaired) electrons. The molecule has 94 valence electrons. The highest BCUT2D eigenvalue weighted by Gasteiger charge is 2.55. The lowest BCUT2D eigenvalue weighted by atomic mass is 10.1. The molecule has 0 spiro atoms. The van der Waals surface area contributed by atoms with Crippen molar-refractivity contribution in [2.24, 2.45) is 17.8 Å². The van der Waals surface area contributed by atoms with Crippen molar-refractivity contribution in [3.05, 3.63) is 11.6 Å². The van der Waals surface area contributed by atoms with E-state index in [0.717, 1.165) is 30.0 Å². The Labute approximate surface area is 102 Å². The average Bonchev–Trinajstić information content (AvgIpc) is 2.68. The van der Waals surface area contributed by atoms with Gasteiger partial charge in [-0.15, -0.1) is 10.2 Å². The van der Waals surface area contributed by atoms with E-state index in [2.05, 4.69) is 28.6 Å². The predicted molar refractivity (Wildman–Crippen MR) is 64.4 cm³/mol. The van der Waals surface area contributed by atoms with Crippen molar-refractivity contribution >= 4 is 0 Å². The van der Waals surface area contributed by atoms with Gasteiger partial charge in [0.15, 0.2) is 5.82 Å². The number of hydrogen-bond acceptors (Lipinski definition) is 3. The van der Waals surface area contributed by atoms with Crippen LogP contribution in [0.25, 0.3) is 0 Å². The molecule has 17 heavy (non-hydrogen) atoms. The number of aliphatic hydroxyl groups is 1. The van der Waals surface area contributed by atoms with Crippen molar-refractivity contribution in [1.29, 1.82) is 0 Å². The van der Waals surface area contributed by atoms with Gasteiger partial charge in [-0.1, -0.05) is 20.3 Å². The molecule has 1 N–H and O–H groups in total. The second-order valence-electron chi connectivity index (χ2n) is 5.92. The molecule has 2 fully saturated rings. The second-order valence-corrected chi connectivity index (χ2v) is 5.92. The van der Waals surface area contributed by atoms with Gasteiger partial charge >= 0.3 is 0 Å². The Morgan fingerprint density at radius 2 is 2.00 bits per heavy atom. The van der Waals surface area contributed by atoms with Crippen LogP contribution in [0.3, 0.4) is 0 Å². The normalized spacial score (nSPS) is 30.9. The summed E-state index contributed by atoms with van der Waals surface area (Å²) in [5, 5.41) is 17.8. The summed E-state index contributed by atoms with van der Waals surface area (Å²) in [5.74, 6) is 4.79. The zero-order valence-electron chi connectivity index (χ0n) is 10.6. The number of aromatic nitrogens is 3. The number of nitrogens with zero attached hydrogens (tertiary/aromatic N) is 3. The molecule has 0 saturated heterocycles. The van der Waals surface area contributed by atoms with Gasteiger partial charge in [-0.2, -0.15) is 0 Å². The number of hydrogen-bond donors (Lipinski definition) is 1. The van der Waals surface area contributed by atoms with Crippen LogP contribution in [0, 0.1) is 17.8 Å². The van der Waals surface area contributed by atoms with Crippen LogP contribution in [0.2, 0.25) is 0 Å². The summed E-state index contributed by atoms with van der Waals surface area (Å²) < 4.78 is 2.16. The van der Waals surface area contributed by atoms with E-state index in [1.165, 1.54) is 19.3 Å². The lowest BCUT2D eigenvalue weighted by molar-refractivity contribution is 0.261. The van der Waals surface area contributed by atoms with E-state index in [4.69, 9.17) is 0 Å². The van der Waals surface area contributed by atoms with Gasteiger partial charge in [0, 0.05) is 12.5 Å². The number of fused-ring (bicyclic) bond motifs is 1. The summed E-state index contributed by atoms with van der Waals surface area (Å²) in [6.07, 6.45) is 4.10. The SMILES string of the molecule is CC(C)Cn1c(CO)nnc1C1C2CCCC21. The molecular weight excluding hydrogens is 214 g/mol. The second kappa shape index (κ2) is 4.09. The molecule has 2 unspecified atom stereocenters. The van der Waals surface area contributed by atoms with Gasteiger partial charge in [0.1, 0.15) is 12.4 Å². The van der Waals surface area contributed by atoms with Crippen molar-refractivity contribution < 1.29 is 5.11 Å². The Kier molecular flexibility index (Phi) is 2.69. The predicted octanol–water partition coefficient (Wildman–Crippen LogP) is 1.94. The first-order valence-electron chi connectivity index (χ1n) is 6.75. The molecule has 2 aliphatic rings. The zero-order valence-corrected chi connectivity index (χ0v) is 10.6. The fraction of sp³-hybridized carbons (Fsp3) is 0.846. The standard InChI is InChI=1S/C13H21N3O/c1-8(2)6-16-11(7-17)14-15-13(16)12-9-4-3-5-10(9)12/h8-10,12,17H,3-7H2,1-2H3. The Balaban J connectivity index is 1.86. The lowest BCUT2D eigenvalue weighted by Crippen LogP contribution is -2.12. The molecule has 0 aromatic carbocycles. The smallest absolute Gasteiger partial charge is 0.158 e. The van der Waals surface area contributed by atoms with Crippen LogP contribution in [0.5, 0.6) is 0 Å². The molecule has 2 atom stereocenters. The third-order valence-electron chi connectivity index (χ3n) is 4.25. The van der Waals surface area contributed by atoms with E-state index in [1.54, 1.807) is 0 Å². The molecular formula is C13H21N3O. The summed E-state index contributed by atoms with van der Waals surface area (Å²) in [6, 6.07) is 0. The van der Waals surface area contributed by atoms with Crippen LogP contribution in [-0.4, -0.2) is 19.9 Å². The highest BCUT2D eigenvalue weighted by atomic mass is 16.3. The van der Waals surface area contributed by atoms with Crippen LogP contribution in [0.4, 0.5) is 0 Å². The molecule has 2 saturated carbocycles. The summed E-state index contributed by atoms with van der Waals surface area (Å²) in [7, 11) is 0. The van der Waals surface area contributed by atoms with Crippen LogP contribution in [0.1, 0.15) is 50.7 Å². The molecule has 2 aliphatic carbocycles. The third-order valence-corrected chi connectivity index (χ3v) is 4.25. The van der Waals surface area contributed by atoms with E-state index in [9.17, 15) is 5.11 Å². The van der Waals surface area contributed by atoms with Crippen molar-refractivity contribution in [2.45, 2.75) is 52.2 Å². The molecule has 1 heterocycles. The largest absolute Gasteiger partial charge is 0.388 e. The molecule has 4 heteroatoms. The monoisotopic (exact) mass is 235 g/mol. The lowest BCUT2D eigenvalue weighted by Gasteiger charge is -2.12. The molecule has 0 amide bonds. The van der Waals surface area contributed by atoms with Crippen LogP contribution in [0.15, 0.2) is 0 Å². The van der Waals surface area contributed by atoms with E-state index in [-0.39, 0.29) is 6.61 Å². The van der Waals surface area contributed by atoms with Gasteiger partial charge in [0.25, 0.3) is 0 Å². The van der Waals surface area contributed by atoms with Crippen LogP contribution < -0.4 is 0 Å². The Bertz CT molecular complexity index is 403. The van der Waals surface area contributed by atoms with E-state index < -0.39 is 0 Å². The van der Waals surface area contributed by atoms with Gasteiger partial charge in [0.05, 0.1) is 0 Å². The molecule has 1 aromatic heterocycles. The van der Waals surface area contributed by atoms with Crippen molar-refractivity contribution in [3.8, 4) is 0 Å². The maximum Gasteiger partial charge on any atom is 0.158 e. The molecule has 0 bridgehead atoms. The quantitative estimate of drug-likeness (QED) is 0.867. The molecule has 1 aromatic rings.